The standard InChI is InChI=1S/C16H15ClFNO2/c1-11-5-6-15(18)12(7-11)9-19(10-16(20)21)14-4-2-3-13(17)8-14/h2-8H,9-10H2,1H3,(H,20,21). The number of hydrogen-bond acceptors (Lipinski definition) is 2. The Balaban J connectivity index is 2.32. The first-order valence-corrected chi connectivity index (χ1v) is 6.81. The molecule has 0 radical (unpaired) electrons. The van der Waals surface area contributed by atoms with E-state index in [0.29, 0.717) is 16.3 Å². The lowest BCUT2D eigenvalue weighted by Crippen LogP contribution is -2.29. The Morgan fingerprint density at radius 1 is 1.29 bits per heavy atom. The maximum absolute atomic E-state index is 13.9. The lowest BCUT2D eigenvalue weighted by atomic mass is 10.1. The Bertz CT molecular complexity index is 660. The van der Waals surface area contributed by atoms with Gasteiger partial charge >= 0.3 is 5.97 Å². The first-order chi connectivity index (χ1) is 9.95. The second kappa shape index (κ2) is 6.59. The van der Waals surface area contributed by atoms with E-state index in [9.17, 15) is 9.18 Å². The van der Waals surface area contributed by atoms with Crippen molar-refractivity contribution >= 4 is 23.3 Å². The third kappa shape index (κ3) is 4.20. The van der Waals surface area contributed by atoms with Gasteiger partial charge in [0.15, 0.2) is 0 Å². The predicted molar refractivity (Wildman–Crippen MR) is 81.3 cm³/mol. The molecule has 3 nitrogen and oxygen atoms in total. The number of rotatable bonds is 5. The summed E-state index contributed by atoms with van der Waals surface area (Å²) in [6.45, 7) is 1.80. The molecule has 2 aromatic carbocycles. The van der Waals surface area contributed by atoms with Crippen molar-refractivity contribution in [3.8, 4) is 0 Å². The maximum Gasteiger partial charge on any atom is 0.323 e. The van der Waals surface area contributed by atoms with E-state index < -0.39 is 5.97 Å². The summed E-state index contributed by atoms with van der Waals surface area (Å²) in [4.78, 5) is 12.6. The van der Waals surface area contributed by atoms with Crippen molar-refractivity contribution in [2.24, 2.45) is 0 Å². The molecule has 0 unspecified atom stereocenters. The van der Waals surface area contributed by atoms with Crippen LogP contribution in [0.3, 0.4) is 0 Å². The number of anilines is 1. The summed E-state index contributed by atoms with van der Waals surface area (Å²) in [7, 11) is 0. The summed E-state index contributed by atoms with van der Waals surface area (Å²) in [5.41, 5.74) is 2.02. The SMILES string of the molecule is Cc1ccc(F)c(CN(CC(=O)O)c2cccc(Cl)c2)c1. The predicted octanol–water partition coefficient (Wildman–Crippen LogP) is 3.88. The van der Waals surface area contributed by atoms with E-state index >= 15 is 0 Å². The van der Waals surface area contributed by atoms with E-state index in [2.05, 4.69) is 0 Å². The van der Waals surface area contributed by atoms with Crippen LogP contribution in [-0.2, 0) is 11.3 Å². The summed E-state index contributed by atoms with van der Waals surface area (Å²) in [6.07, 6.45) is 0. The number of halogens is 2. The van der Waals surface area contributed by atoms with Crippen molar-refractivity contribution < 1.29 is 14.3 Å². The minimum Gasteiger partial charge on any atom is -0.480 e. The molecule has 5 heteroatoms. The molecule has 2 rings (SSSR count). The molecule has 0 saturated heterocycles. The van der Waals surface area contributed by atoms with Gasteiger partial charge in [-0.3, -0.25) is 4.79 Å². The van der Waals surface area contributed by atoms with Crippen LogP contribution in [0.2, 0.25) is 5.02 Å². The summed E-state index contributed by atoms with van der Waals surface area (Å²) < 4.78 is 13.9. The Morgan fingerprint density at radius 2 is 2.05 bits per heavy atom. The molecule has 0 aliphatic rings. The number of nitrogens with zero attached hydrogens (tertiary/aromatic N) is 1. The van der Waals surface area contributed by atoms with Crippen LogP contribution in [0.5, 0.6) is 0 Å². The van der Waals surface area contributed by atoms with Crippen molar-refractivity contribution in [1.29, 1.82) is 0 Å². The smallest absolute Gasteiger partial charge is 0.323 e. The van der Waals surface area contributed by atoms with Crippen molar-refractivity contribution in [2.45, 2.75) is 13.5 Å². The molecule has 110 valence electrons. The van der Waals surface area contributed by atoms with E-state index in [1.165, 1.54) is 6.07 Å². The molecule has 0 saturated carbocycles. The first kappa shape index (κ1) is 15.3. The van der Waals surface area contributed by atoms with E-state index in [1.807, 2.05) is 6.92 Å². The van der Waals surface area contributed by atoms with Crippen LogP contribution < -0.4 is 4.90 Å². The maximum atomic E-state index is 13.9. The third-order valence-corrected chi connectivity index (χ3v) is 3.30. The topological polar surface area (TPSA) is 40.5 Å². The molecule has 2 aromatic rings. The molecule has 0 heterocycles. The van der Waals surface area contributed by atoms with Crippen molar-refractivity contribution in [2.75, 3.05) is 11.4 Å². The van der Waals surface area contributed by atoms with Crippen molar-refractivity contribution in [3.05, 3.63) is 64.4 Å². The fraction of sp³-hybridized carbons (Fsp3) is 0.188. The van der Waals surface area contributed by atoms with Crippen LogP contribution in [0, 0.1) is 12.7 Å². The number of carbonyl (C=O) groups is 1. The lowest BCUT2D eigenvalue weighted by molar-refractivity contribution is -0.135. The Hall–Kier alpha value is -2.07. The Morgan fingerprint density at radius 3 is 2.71 bits per heavy atom. The van der Waals surface area contributed by atoms with Gasteiger partial charge in [0.05, 0.1) is 0 Å². The summed E-state index contributed by atoms with van der Waals surface area (Å²) in [6, 6.07) is 11.6. The Kier molecular flexibility index (Phi) is 4.81. The largest absolute Gasteiger partial charge is 0.480 e. The zero-order valence-corrected chi connectivity index (χ0v) is 12.3. The molecular weight excluding hydrogens is 293 g/mol. The molecular formula is C16H15ClFNO2. The fourth-order valence-electron chi connectivity index (χ4n) is 2.10. The van der Waals surface area contributed by atoms with E-state index in [4.69, 9.17) is 16.7 Å². The number of carboxylic acids is 1. The van der Waals surface area contributed by atoms with Gasteiger partial charge in [-0.25, -0.2) is 4.39 Å². The minimum atomic E-state index is -0.983. The highest BCUT2D eigenvalue weighted by atomic mass is 35.5. The first-order valence-electron chi connectivity index (χ1n) is 6.43. The quantitative estimate of drug-likeness (QED) is 0.911. The molecule has 21 heavy (non-hydrogen) atoms. The second-order valence-electron chi connectivity index (χ2n) is 4.82. The molecule has 0 fully saturated rings. The Labute approximate surface area is 127 Å². The molecule has 1 N–H and O–H groups in total. The van der Waals surface area contributed by atoms with Gasteiger partial charge in [-0.2, -0.15) is 0 Å². The molecule has 0 spiro atoms. The van der Waals surface area contributed by atoms with Crippen molar-refractivity contribution in [3.63, 3.8) is 0 Å². The average Bonchev–Trinajstić information content (AvgIpc) is 2.41. The van der Waals surface area contributed by atoms with Crippen LogP contribution in [0.4, 0.5) is 10.1 Å². The van der Waals surface area contributed by atoms with E-state index in [0.717, 1.165) is 5.56 Å². The molecule has 0 aromatic heterocycles. The van der Waals surface area contributed by atoms with E-state index in [-0.39, 0.29) is 18.9 Å². The fourth-order valence-corrected chi connectivity index (χ4v) is 2.29. The number of aliphatic carboxylic acids is 1. The highest BCUT2D eigenvalue weighted by Gasteiger charge is 2.14. The third-order valence-electron chi connectivity index (χ3n) is 3.06. The second-order valence-corrected chi connectivity index (χ2v) is 5.26. The highest BCUT2D eigenvalue weighted by molar-refractivity contribution is 6.30. The number of hydrogen-bond donors (Lipinski definition) is 1. The monoisotopic (exact) mass is 307 g/mol. The van der Waals surface area contributed by atoms with Gasteiger partial charge in [-0.05, 0) is 31.2 Å². The molecule has 0 aliphatic heterocycles. The highest BCUT2D eigenvalue weighted by Crippen LogP contribution is 2.22. The number of benzene rings is 2. The van der Waals surface area contributed by atoms with Crippen molar-refractivity contribution in [1.82, 2.24) is 0 Å². The summed E-state index contributed by atoms with van der Waals surface area (Å²) in [5, 5.41) is 9.56. The molecule has 0 bridgehead atoms. The van der Waals surface area contributed by atoms with Crippen LogP contribution in [0.1, 0.15) is 11.1 Å². The normalized spacial score (nSPS) is 10.4. The van der Waals surface area contributed by atoms with Gasteiger partial charge in [-0.1, -0.05) is 35.4 Å². The van der Waals surface area contributed by atoms with Gasteiger partial charge in [0, 0.05) is 22.8 Å². The number of carboxylic acid groups (broad SMARTS) is 1. The minimum absolute atomic E-state index is 0.167. The number of aryl methyl sites for hydroxylation is 1. The molecule has 0 aliphatic carbocycles. The summed E-state index contributed by atoms with van der Waals surface area (Å²) in [5.74, 6) is -1.33. The molecule has 0 amide bonds. The van der Waals surface area contributed by atoms with Gasteiger partial charge < -0.3 is 10.0 Å². The zero-order chi connectivity index (χ0) is 15.4. The van der Waals surface area contributed by atoms with Crippen LogP contribution in [0.15, 0.2) is 42.5 Å². The van der Waals surface area contributed by atoms with Crippen LogP contribution >= 0.6 is 11.6 Å². The lowest BCUT2D eigenvalue weighted by Gasteiger charge is -2.23. The van der Waals surface area contributed by atoms with Gasteiger partial charge in [0.2, 0.25) is 0 Å². The summed E-state index contributed by atoms with van der Waals surface area (Å²) >= 11 is 5.94. The molecule has 0 atom stereocenters. The van der Waals surface area contributed by atoms with Gasteiger partial charge in [0.1, 0.15) is 12.4 Å². The van der Waals surface area contributed by atoms with Crippen LogP contribution in [-0.4, -0.2) is 17.6 Å². The van der Waals surface area contributed by atoms with Gasteiger partial charge in [-0.15, -0.1) is 0 Å². The van der Waals surface area contributed by atoms with Gasteiger partial charge in [0.25, 0.3) is 0 Å². The van der Waals surface area contributed by atoms with E-state index in [1.54, 1.807) is 41.3 Å². The zero-order valence-electron chi connectivity index (χ0n) is 11.5. The average molecular weight is 308 g/mol. The van der Waals surface area contributed by atoms with Crippen LogP contribution in [0.25, 0.3) is 0 Å².